The van der Waals surface area contributed by atoms with E-state index in [9.17, 15) is 18.0 Å². The summed E-state index contributed by atoms with van der Waals surface area (Å²) in [5.41, 5.74) is 2.02. The molecule has 41 heavy (non-hydrogen) atoms. The second-order valence-corrected chi connectivity index (χ2v) is 13.2. The highest BCUT2D eigenvalue weighted by atomic mass is 35.5. The lowest BCUT2D eigenvalue weighted by atomic mass is 10.0. The highest BCUT2D eigenvalue weighted by molar-refractivity contribution is 7.92. The molecule has 0 aliphatic rings. The van der Waals surface area contributed by atoms with Gasteiger partial charge in [0.05, 0.1) is 22.0 Å². The van der Waals surface area contributed by atoms with Crippen LogP contribution in [0, 0.1) is 0 Å². The van der Waals surface area contributed by atoms with Crippen molar-refractivity contribution in [1.29, 1.82) is 0 Å². The van der Waals surface area contributed by atoms with E-state index < -0.39 is 16.1 Å². The summed E-state index contributed by atoms with van der Waals surface area (Å²) in [6, 6.07) is 20.1. The van der Waals surface area contributed by atoms with Crippen LogP contribution in [0.3, 0.4) is 0 Å². The predicted molar refractivity (Wildman–Crippen MR) is 167 cm³/mol. The van der Waals surface area contributed by atoms with Crippen molar-refractivity contribution in [2.45, 2.75) is 51.7 Å². The number of amides is 2. The van der Waals surface area contributed by atoms with Gasteiger partial charge in [0.1, 0.15) is 6.04 Å². The fourth-order valence-electron chi connectivity index (χ4n) is 4.40. The van der Waals surface area contributed by atoms with Crippen LogP contribution in [0.5, 0.6) is 0 Å². The summed E-state index contributed by atoms with van der Waals surface area (Å²) in [5, 5.41) is 4.07. The monoisotopic (exact) mass is 637 g/mol. The lowest BCUT2D eigenvalue weighted by Crippen LogP contribution is -2.51. The molecule has 220 valence electrons. The van der Waals surface area contributed by atoms with Gasteiger partial charge < -0.3 is 10.2 Å². The summed E-state index contributed by atoms with van der Waals surface area (Å²) in [7, 11) is -3.64. The van der Waals surface area contributed by atoms with Gasteiger partial charge in [-0.3, -0.25) is 13.9 Å². The normalized spacial score (nSPS) is 12.2. The molecule has 0 aliphatic carbocycles. The standard InChI is InChI=1S/C30H34Cl3N3O4S/c1-21(2)34-30(38)28(18-22-9-5-4-6-10-22)35(20-23-14-15-26(32)27(33)17-23)29(37)13-8-16-36(41(3,39)40)25-12-7-11-24(31)19-25/h4-7,9-12,14-15,17,19,21,28H,8,13,16,18,20H2,1-3H3,(H,34,38). The van der Waals surface area contributed by atoms with Crippen LogP contribution in [0.25, 0.3) is 0 Å². The van der Waals surface area contributed by atoms with Gasteiger partial charge in [-0.2, -0.15) is 0 Å². The zero-order chi connectivity index (χ0) is 30.2. The molecule has 0 spiro atoms. The maximum absolute atomic E-state index is 13.8. The zero-order valence-corrected chi connectivity index (χ0v) is 26.3. The van der Waals surface area contributed by atoms with Gasteiger partial charge in [0.15, 0.2) is 0 Å². The third-order valence-corrected chi connectivity index (χ3v) is 8.46. The van der Waals surface area contributed by atoms with Gasteiger partial charge in [-0.05, 0) is 61.7 Å². The Balaban J connectivity index is 1.90. The quantitative estimate of drug-likeness (QED) is 0.236. The number of hydrogen-bond donors (Lipinski definition) is 1. The minimum absolute atomic E-state index is 0.00809. The molecule has 0 bridgehead atoms. The minimum Gasteiger partial charge on any atom is -0.352 e. The first-order valence-electron chi connectivity index (χ1n) is 13.2. The number of anilines is 1. The smallest absolute Gasteiger partial charge is 0.243 e. The van der Waals surface area contributed by atoms with Crippen molar-refractivity contribution in [2.24, 2.45) is 0 Å². The number of nitrogens with one attached hydrogen (secondary N) is 1. The van der Waals surface area contributed by atoms with Gasteiger partial charge in [-0.1, -0.05) is 77.3 Å². The van der Waals surface area contributed by atoms with Crippen molar-refractivity contribution in [2.75, 3.05) is 17.1 Å². The molecule has 0 aliphatic heterocycles. The maximum Gasteiger partial charge on any atom is 0.243 e. The second kappa shape index (κ2) is 14.9. The molecule has 0 radical (unpaired) electrons. The molecule has 3 rings (SSSR count). The first-order valence-corrected chi connectivity index (χ1v) is 16.1. The van der Waals surface area contributed by atoms with Gasteiger partial charge in [0.2, 0.25) is 21.8 Å². The van der Waals surface area contributed by atoms with Crippen LogP contribution in [0.1, 0.15) is 37.8 Å². The second-order valence-electron chi connectivity index (χ2n) is 10.1. The first-order chi connectivity index (χ1) is 19.3. The number of rotatable bonds is 13. The molecule has 0 fully saturated rings. The van der Waals surface area contributed by atoms with Gasteiger partial charge >= 0.3 is 0 Å². The number of benzene rings is 3. The molecular weight excluding hydrogens is 605 g/mol. The fraction of sp³-hybridized carbons (Fsp3) is 0.333. The summed E-state index contributed by atoms with van der Waals surface area (Å²) < 4.78 is 26.4. The van der Waals surface area contributed by atoms with E-state index in [0.717, 1.165) is 11.8 Å². The van der Waals surface area contributed by atoms with Crippen LogP contribution < -0.4 is 9.62 Å². The summed E-state index contributed by atoms with van der Waals surface area (Å²) in [5.74, 6) is -0.579. The van der Waals surface area contributed by atoms with E-state index in [1.807, 2.05) is 44.2 Å². The van der Waals surface area contributed by atoms with E-state index in [1.54, 1.807) is 42.5 Å². The van der Waals surface area contributed by atoms with E-state index >= 15 is 0 Å². The van der Waals surface area contributed by atoms with Crippen molar-refractivity contribution in [3.8, 4) is 0 Å². The van der Waals surface area contributed by atoms with Crippen molar-refractivity contribution in [3.05, 3.63) is 99.0 Å². The number of carbonyl (C=O) groups excluding carboxylic acids is 2. The molecule has 0 aromatic heterocycles. The van der Waals surface area contributed by atoms with Crippen LogP contribution in [0.4, 0.5) is 5.69 Å². The Hall–Kier alpha value is -2.78. The minimum atomic E-state index is -3.64. The average Bonchev–Trinajstić information content (AvgIpc) is 2.90. The number of sulfonamides is 1. The van der Waals surface area contributed by atoms with Gasteiger partial charge in [0.25, 0.3) is 0 Å². The molecular formula is C30H34Cl3N3O4S. The highest BCUT2D eigenvalue weighted by Gasteiger charge is 2.31. The van der Waals surface area contributed by atoms with E-state index in [0.29, 0.717) is 32.7 Å². The molecule has 11 heteroatoms. The molecule has 0 saturated heterocycles. The number of halogens is 3. The summed E-state index contributed by atoms with van der Waals surface area (Å²) in [6.07, 6.45) is 1.64. The van der Waals surface area contributed by atoms with Crippen LogP contribution in [-0.4, -0.2) is 50.0 Å². The van der Waals surface area contributed by atoms with Crippen LogP contribution in [0.15, 0.2) is 72.8 Å². The van der Waals surface area contributed by atoms with Crippen molar-refractivity contribution < 1.29 is 18.0 Å². The molecule has 1 atom stereocenters. The van der Waals surface area contributed by atoms with Crippen LogP contribution >= 0.6 is 34.8 Å². The fourth-order valence-corrected chi connectivity index (χ4v) is 5.87. The Morgan fingerprint density at radius 1 is 0.878 bits per heavy atom. The lowest BCUT2D eigenvalue weighted by Gasteiger charge is -2.32. The Morgan fingerprint density at radius 3 is 2.20 bits per heavy atom. The molecule has 1 unspecified atom stereocenters. The number of carbonyl (C=O) groups is 2. The highest BCUT2D eigenvalue weighted by Crippen LogP contribution is 2.26. The Kier molecular flexibility index (Phi) is 11.9. The molecule has 3 aromatic rings. The SMILES string of the molecule is CC(C)NC(=O)C(Cc1ccccc1)N(Cc1ccc(Cl)c(Cl)c1)C(=O)CCCN(c1cccc(Cl)c1)S(C)(=O)=O. The van der Waals surface area contributed by atoms with E-state index in [4.69, 9.17) is 34.8 Å². The summed E-state index contributed by atoms with van der Waals surface area (Å²) in [6.45, 7) is 3.90. The number of hydrogen-bond acceptors (Lipinski definition) is 4. The first kappa shape index (κ1) is 32.7. The van der Waals surface area contributed by atoms with E-state index in [1.165, 1.54) is 9.21 Å². The van der Waals surface area contributed by atoms with Crippen molar-refractivity contribution in [3.63, 3.8) is 0 Å². The Morgan fingerprint density at radius 2 is 1.59 bits per heavy atom. The molecule has 0 heterocycles. The van der Waals surface area contributed by atoms with Gasteiger partial charge in [-0.25, -0.2) is 8.42 Å². The third-order valence-electron chi connectivity index (χ3n) is 6.29. The van der Waals surface area contributed by atoms with Gasteiger partial charge in [0, 0.05) is 37.0 Å². The van der Waals surface area contributed by atoms with E-state index in [-0.39, 0.29) is 43.8 Å². The summed E-state index contributed by atoms with van der Waals surface area (Å²) >= 11 is 18.5. The third kappa shape index (κ3) is 9.92. The van der Waals surface area contributed by atoms with Crippen LogP contribution in [0.2, 0.25) is 15.1 Å². The zero-order valence-electron chi connectivity index (χ0n) is 23.2. The molecule has 1 N–H and O–H groups in total. The largest absolute Gasteiger partial charge is 0.352 e. The van der Waals surface area contributed by atoms with Crippen molar-refractivity contribution >= 4 is 62.3 Å². The maximum atomic E-state index is 13.8. The molecule has 2 amide bonds. The predicted octanol–water partition coefficient (Wildman–Crippen LogP) is 6.36. The van der Waals surface area contributed by atoms with Crippen molar-refractivity contribution in [1.82, 2.24) is 10.2 Å². The molecule has 7 nitrogen and oxygen atoms in total. The average molecular weight is 639 g/mol. The topological polar surface area (TPSA) is 86.8 Å². The van der Waals surface area contributed by atoms with E-state index in [2.05, 4.69) is 5.32 Å². The van der Waals surface area contributed by atoms with Crippen LogP contribution in [-0.2, 0) is 32.6 Å². The molecule has 3 aromatic carbocycles. The molecule has 0 saturated carbocycles. The Labute approximate surface area is 257 Å². The number of nitrogens with zero attached hydrogens (tertiary/aromatic N) is 2. The Bertz CT molecular complexity index is 1450. The van der Waals surface area contributed by atoms with Gasteiger partial charge in [-0.15, -0.1) is 0 Å². The lowest BCUT2D eigenvalue weighted by molar-refractivity contribution is -0.141. The summed E-state index contributed by atoms with van der Waals surface area (Å²) in [4.78, 5) is 28.9.